The molecule has 1 atom stereocenters. The van der Waals surface area contributed by atoms with Crippen molar-refractivity contribution in [3.8, 4) is 5.75 Å². The zero-order chi connectivity index (χ0) is 12.9. The Morgan fingerprint density at radius 1 is 1.29 bits per heavy atom. The molecule has 3 nitrogen and oxygen atoms in total. The Morgan fingerprint density at radius 3 is 2.29 bits per heavy atom. The summed E-state index contributed by atoms with van der Waals surface area (Å²) in [6.45, 7) is 6.92. The Balaban J connectivity index is 2.85. The lowest BCUT2D eigenvalue weighted by Crippen LogP contribution is -2.37. The van der Waals surface area contributed by atoms with Crippen molar-refractivity contribution in [3.63, 3.8) is 0 Å². The topological polar surface area (TPSA) is 41.5 Å². The van der Waals surface area contributed by atoms with Gasteiger partial charge in [0.05, 0.1) is 12.7 Å². The van der Waals surface area contributed by atoms with Crippen LogP contribution in [0.15, 0.2) is 24.3 Å². The van der Waals surface area contributed by atoms with Gasteiger partial charge in [-0.3, -0.25) is 0 Å². The van der Waals surface area contributed by atoms with Crippen LogP contribution in [0.25, 0.3) is 0 Å². The fraction of sp³-hybridized carbons (Fsp3) is 0.571. The lowest BCUT2D eigenvalue weighted by molar-refractivity contribution is 0.203. The van der Waals surface area contributed by atoms with Gasteiger partial charge in [0, 0.05) is 12.0 Å². The number of benzene rings is 1. The summed E-state index contributed by atoms with van der Waals surface area (Å²) >= 11 is 0. The number of hydrogen-bond acceptors (Lipinski definition) is 3. The van der Waals surface area contributed by atoms with Crippen LogP contribution in [0.4, 0.5) is 0 Å². The van der Waals surface area contributed by atoms with E-state index in [1.165, 1.54) is 0 Å². The van der Waals surface area contributed by atoms with Crippen molar-refractivity contribution >= 4 is 0 Å². The summed E-state index contributed by atoms with van der Waals surface area (Å²) in [5.74, 6) is 0.869. The first kappa shape index (κ1) is 14.0. The van der Waals surface area contributed by atoms with Gasteiger partial charge in [-0.25, -0.2) is 0 Å². The Morgan fingerprint density at radius 2 is 1.88 bits per heavy atom. The highest BCUT2D eigenvalue weighted by Gasteiger charge is 2.24. The second-order valence-electron chi connectivity index (χ2n) is 4.94. The van der Waals surface area contributed by atoms with Crippen molar-refractivity contribution < 1.29 is 9.84 Å². The predicted molar refractivity (Wildman–Crippen MR) is 70.6 cm³/mol. The molecule has 1 rings (SSSR count). The van der Waals surface area contributed by atoms with Crippen molar-refractivity contribution in [2.45, 2.75) is 32.3 Å². The highest BCUT2D eigenvalue weighted by molar-refractivity contribution is 5.32. The third-order valence-corrected chi connectivity index (χ3v) is 2.84. The molecule has 0 heterocycles. The molecule has 0 saturated carbocycles. The van der Waals surface area contributed by atoms with Crippen molar-refractivity contribution in [1.82, 2.24) is 5.32 Å². The molecule has 0 fully saturated rings. The van der Waals surface area contributed by atoms with Gasteiger partial charge >= 0.3 is 0 Å². The van der Waals surface area contributed by atoms with Crippen LogP contribution in [0, 0.1) is 0 Å². The minimum absolute atomic E-state index is 0.123. The van der Waals surface area contributed by atoms with Crippen LogP contribution in [-0.2, 0) is 5.41 Å². The molecule has 96 valence electrons. The summed E-state index contributed by atoms with van der Waals surface area (Å²) in [6.07, 6.45) is 0.183. The van der Waals surface area contributed by atoms with E-state index in [1.807, 2.05) is 52.1 Å². The van der Waals surface area contributed by atoms with Crippen molar-refractivity contribution in [2.75, 3.05) is 20.2 Å². The van der Waals surface area contributed by atoms with Crippen LogP contribution in [-0.4, -0.2) is 31.4 Å². The smallest absolute Gasteiger partial charge is 0.119 e. The summed E-state index contributed by atoms with van der Waals surface area (Å²) in [7, 11) is 1.89. The Bertz CT molecular complexity index is 335. The highest BCUT2D eigenvalue weighted by atomic mass is 16.5. The van der Waals surface area contributed by atoms with Crippen LogP contribution < -0.4 is 10.1 Å². The van der Waals surface area contributed by atoms with E-state index in [-0.39, 0.29) is 18.1 Å². The summed E-state index contributed by atoms with van der Waals surface area (Å²) in [5, 5.41) is 12.6. The zero-order valence-electron chi connectivity index (χ0n) is 11.2. The molecule has 0 bridgehead atoms. The maximum atomic E-state index is 9.51. The van der Waals surface area contributed by atoms with Gasteiger partial charge in [0.15, 0.2) is 0 Å². The molecule has 0 aliphatic rings. The van der Waals surface area contributed by atoms with Gasteiger partial charge in [-0.15, -0.1) is 0 Å². The Hall–Kier alpha value is -1.06. The number of likely N-dealkylation sites (N-methyl/N-ethyl adjacent to an activating group) is 1. The molecule has 2 N–H and O–H groups in total. The summed E-state index contributed by atoms with van der Waals surface area (Å²) in [5.41, 5.74) is 0.871. The molecule has 0 aliphatic heterocycles. The average Bonchev–Trinajstić information content (AvgIpc) is 2.29. The van der Waals surface area contributed by atoms with E-state index in [4.69, 9.17) is 4.74 Å². The summed E-state index contributed by atoms with van der Waals surface area (Å²) in [6, 6.07) is 7.95. The molecule has 0 aliphatic carbocycles. The third-order valence-electron chi connectivity index (χ3n) is 2.84. The number of ether oxygens (including phenoxy) is 1. The lowest BCUT2D eigenvalue weighted by Gasteiger charge is -2.27. The predicted octanol–water partition coefficient (Wildman–Crippen LogP) is 1.94. The van der Waals surface area contributed by atoms with Crippen LogP contribution in [0.1, 0.15) is 26.3 Å². The molecule has 3 heteroatoms. The molecule has 0 amide bonds. The first-order chi connectivity index (χ1) is 8.01. The second-order valence-corrected chi connectivity index (χ2v) is 4.94. The van der Waals surface area contributed by atoms with E-state index in [9.17, 15) is 5.11 Å². The van der Waals surface area contributed by atoms with Gasteiger partial charge in [0.2, 0.25) is 0 Å². The fourth-order valence-electron chi connectivity index (χ4n) is 1.85. The SMILES string of the molecule is CNCC(C)(CO)c1ccc(OC(C)C)cc1. The van der Waals surface area contributed by atoms with E-state index in [0.717, 1.165) is 17.9 Å². The lowest BCUT2D eigenvalue weighted by atomic mass is 9.83. The van der Waals surface area contributed by atoms with Crippen LogP contribution in [0.5, 0.6) is 5.75 Å². The standard InChI is InChI=1S/C14H23NO2/c1-11(2)17-13-7-5-12(6-8-13)14(3,10-16)9-15-4/h5-8,11,15-16H,9-10H2,1-4H3. The molecule has 1 aromatic rings. The van der Waals surface area contributed by atoms with Crippen LogP contribution in [0.2, 0.25) is 0 Å². The molecule has 17 heavy (non-hydrogen) atoms. The molecule has 0 radical (unpaired) electrons. The minimum Gasteiger partial charge on any atom is -0.491 e. The van der Waals surface area contributed by atoms with Crippen molar-refractivity contribution in [1.29, 1.82) is 0 Å². The van der Waals surface area contributed by atoms with Gasteiger partial charge in [-0.05, 0) is 38.6 Å². The first-order valence-corrected chi connectivity index (χ1v) is 6.04. The Labute approximate surface area is 104 Å². The Kier molecular flexibility index (Phi) is 4.97. The summed E-state index contributed by atoms with van der Waals surface area (Å²) in [4.78, 5) is 0. The van der Waals surface area contributed by atoms with E-state index >= 15 is 0 Å². The highest BCUT2D eigenvalue weighted by Crippen LogP contribution is 2.25. The molecular formula is C14H23NO2. The first-order valence-electron chi connectivity index (χ1n) is 6.04. The van der Waals surface area contributed by atoms with Gasteiger partial charge < -0.3 is 15.2 Å². The molecule has 0 saturated heterocycles. The van der Waals surface area contributed by atoms with Crippen molar-refractivity contribution in [2.24, 2.45) is 0 Å². The molecule has 0 aromatic heterocycles. The van der Waals surface area contributed by atoms with Gasteiger partial charge in [0.1, 0.15) is 5.75 Å². The normalized spacial score (nSPS) is 14.7. The average molecular weight is 237 g/mol. The number of aliphatic hydroxyl groups is 1. The van der Waals surface area contributed by atoms with Crippen molar-refractivity contribution in [3.05, 3.63) is 29.8 Å². The van der Waals surface area contributed by atoms with E-state index in [0.29, 0.717) is 0 Å². The van der Waals surface area contributed by atoms with E-state index < -0.39 is 0 Å². The molecule has 1 unspecified atom stereocenters. The van der Waals surface area contributed by atoms with Gasteiger partial charge in [-0.2, -0.15) is 0 Å². The van der Waals surface area contributed by atoms with E-state index in [2.05, 4.69) is 5.32 Å². The van der Waals surface area contributed by atoms with Gasteiger partial charge in [-0.1, -0.05) is 19.1 Å². The molecular weight excluding hydrogens is 214 g/mol. The fourth-order valence-corrected chi connectivity index (χ4v) is 1.85. The van der Waals surface area contributed by atoms with E-state index in [1.54, 1.807) is 0 Å². The molecule has 0 spiro atoms. The largest absolute Gasteiger partial charge is 0.491 e. The van der Waals surface area contributed by atoms with Gasteiger partial charge in [0.25, 0.3) is 0 Å². The maximum absolute atomic E-state index is 9.51. The zero-order valence-corrected chi connectivity index (χ0v) is 11.2. The third kappa shape index (κ3) is 3.72. The van der Waals surface area contributed by atoms with Crippen LogP contribution >= 0.6 is 0 Å². The molecule has 1 aromatic carbocycles. The number of nitrogens with one attached hydrogen (secondary N) is 1. The number of rotatable bonds is 6. The minimum atomic E-state index is -0.245. The maximum Gasteiger partial charge on any atom is 0.119 e. The quantitative estimate of drug-likeness (QED) is 0.794. The summed E-state index contributed by atoms with van der Waals surface area (Å²) < 4.78 is 5.60. The monoisotopic (exact) mass is 237 g/mol. The number of aliphatic hydroxyl groups excluding tert-OH is 1. The second kappa shape index (κ2) is 6.03. The number of hydrogen-bond donors (Lipinski definition) is 2. The van der Waals surface area contributed by atoms with Crippen LogP contribution in [0.3, 0.4) is 0 Å².